The number of piperidine rings is 1. The molecule has 1 unspecified atom stereocenters. The summed E-state index contributed by atoms with van der Waals surface area (Å²) in [6.07, 6.45) is 7.83. The Morgan fingerprint density at radius 2 is 2.18 bits per heavy atom. The van der Waals surface area contributed by atoms with E-state index in [1.54, 1.807) is 5.69 Å². The maximum atomic E-state index is 4.76. The molecule has 0 amide bonds. The SMILES string of the molecule is Cc1nc2c(n1CC1CCCNC1)CCCC2. The number of rotatable bonds is 2. The molecular weight excluding hydrogens is 210 g/mol. The standard InChI is InChI=1S/C14H23N3/c1-11-16-13-6-2-3-7-14(13)17(11)10-12-5-4-8-15-9-12/h12,15H,2-10H2,1H3. The Balaban J connectivity index is 1.79. The van der Waals surface area contributed by atoms with Crippen molar-refractivity contribution in [3.8, 4) is 0 Å². The predicted molar refractivity (Wildman–Crippen MR) is 69.2 cm³/mol. The first-order valence-corrected chi connectivity index (χ1v) is 7.10. The minimum absolute atomic E-state index is 0.808. The summed E-state index contributed by atoms with van der Waals surface area (Å²) < 4.78 is 2.51. The van der Waals surface area contributed by atoms with Gasteiger partial charge in [-0.05, 0) is 64.5 Å². The summed E-state index contributed by atoms with van der Waals surface area (Å²) in [6.45, 7) is 5.75. The fourth-order valence-electron chi connectivity index (χ4n) is 3.32. The number of aromatic nitrogens is 2. The van der Waals surface area contributed by atoms with Crippen LogP contribution in [0, 0.1) is 12.8 Å². The number of hydrogen-bond acceptors (Lipinski definition) is 2. The van der Waals surface area contributed by atoms with Gasteiger partial charge < -0.3 is 9.88 Å². The van der Waals surface area contributed by atoms with Gasteiger partial charge in [0.1, 0.15) is 5.82 Å². The maximum Gasteiger partial charge on any atom is 0.106 e. The lowest BCUT2D eigenvalue weighted by molar-refractivity contribution is 0.330. The van der Waals surface area contributed by atoms with Gasteiger partial charge in [0.05, 0.1) is 5.69 Å². The second kappa shape index (κ2) is 4.81. The highest BCUT2D eigenvalue weighted by atomic mass is 15.1. The molecule has 2 heterocycles. The Morgan fingerprint density at radius 1 is 1.29 bits per heavy atom. The third-order valence-corrected chi connectivity index (χ3v) is 4.26. The highest BCUT2D eigenvalue weighted by molar-refractivity contribution is 5.20. The molecule has 1 aliphatic carbocycles. The first-order chi connectivity index (χ1) is 8.34. The summed E-state index contributed by atoms with van der Waals surface area (Å²) in [5, 5.41) is 3.51. The molecule has 1 atom stereocenters. The Morgan fingerprint density at radius 3 is 3.00 bits per heavy atom. The number of fused-ring (bicyclic) bond motifs is 1. The molecule has 0 spiro atoms. The third kappa shape index (κ3) is 2.25. The quantitative estimate of drug-likeness (QED) is 0.847. The molecule has 94 valence electrons. The van der Waals surface area contributed by atoms with Crippen molar-refractivity contribution in [3.05, 3.63) is 17.2 Å². The number of hydrogen-bond donors (Lipinski definition) is 1. The molecule has 1 N–H and O–H groups in total. The third-order valence-electron chi connectivity index (χ3n) is 4.26. The minimum Gasteiger partial charge on any atom is -0.332 e. The Kier molecular flexibility index (Phi) is 3.19. The van der Waals surface area contributed by atoms with Crippen LogP contribution in [0.2, 0.25) is 0 Å². The van der Waals surface area contributed by atoms with Gasteiger partial charge in [0.15, 0.2) is 0 Å². The van der Waals surface area contributed by atoms with E-state index in [0.29, 0.717) is 0 Å². The van der Waals surface area contributed by atoms with Crippen LogP contribution in [0.1, 0.15) is 42.9 Å². The Labute approximate surface area is 104 Å². The average Bonchev–Trinajstić information content (AvgIpc) is 2.68. The largest absolute Gasteiger partial charge is 0.332 e. The molecule has 0 bridgehead atoms. The Hall–Kier alpha value is -0.830. The van der Waals surface area contributed by atoms with Gasteiger partial charge in [-0.3, -0.25) is 0 Å². The highest BCUT2D eigenvalue weighted by Crippen LogP contribution is 2.24. The Bertz CT molecular complexity index is 388. The van der Waals surface area contributed by atoms with Gasteiger partial charge in [0.25, 0.3) is 0 Å². The van der Waals surface area contributed by atoms with Gasteiger partial charge in [0.2, 0.25) is 0 Å². The average molecular weight is 233 g/mol. The fourth-order valence-corrected chi connectivity index (χ4v) is 3.32. The molecule has 3 nitrogen and oxygen atoms in total. The van der Waals surface area contributed by atoms with Crippen LogP contribution >= 0.6 is 0 Å². The molecule has 17 heavy (non-hydrogen) atoms. The van der Waals surface area contributed by atoms with Crippen LogP contribution in [-0.2, 0) is 19.4 Å². The molecule has 2 aliphatic rings. The van der Waals surface area contributed by atoms with Crippen LogP contribution in [-0.4, -0.2) is 22.6 Å². The number of nitrogens with zero attached hydrogens (tertiary/aromatic N) is 2. The van der Waals surface area contributed by atoms with Crippen molar-refractivity contribution in [2.75, 3.05) is 13.1 Å². The summed E-state index contributed by atoms with van der Waals surface area (Å²) in [6, 6.07) is 0. The topological polar surface area (TPSA) is 29.9 Å². The summed E-state index contributed by atoms with van der Waals surface area (Å²) in [7, 11) is 0. The van der Waals surface area contributed by atoms with E-state index < -0.39 is 0 Å². The predicted octanol–water partition coefficient (Wildman–Crippen LogP) is 2.07. The molecule has 3 heteroatoms. The summed E-state index contributed by atoms with van der Waals surface area (Å²) in [5.74, 6) is 2.05. The van der Waals surface area contributed by atoms with E-state index in [9.17, 15) is 0 Å². The van der Waals surface area contributed by atoms with E-state index in [0.717, 1.165) is 5.92 Å². The van der Waals surface area contributed by atoms with Crippen molar-refractivity contribution >= 4 is 0 Å². The molecule has 0 aromatic carbocycles. The lowest BCUT2D eigenvalue weighted by atomic mass is 9.98. The van der Waals surface area contributed by atoms with Crippen molar-refractivity contribution < 1.29 is 0 Å². The lowest BCUT2D eigenvalue weighted by Crippen LogP contribution is -2.32. The van der Waals surface area contributed by atoms with E-state index in [4.69, 9.17) is 4.98 Å². The van der Waals surface area contributed by atoms with Crippen molar-refractivity contribution in [2.24, 2.45) is 5.92 Å². The van der Waals surface area contributed by atoms with Crippen LogP contribution in [0.15, 0.2) is 0 Å². The zero-order valence-electron chi connectivity index (χ0n) is 10.8. The van der Waals surface area contributed by atoms with E-state index in [1.807, 2.05) is 0 Å². The number of imidazole rings is 1. The molecular formula is C14H23N3. The summed E-state index contributed by atoms with van der Waals surface area (Å²) >= 11 is 0. The van der Waals surface area contributed by atoms with E-state index >= 15 is 0 Å². The van der Waals surface area contributed by atoms with Gasteiger partial charge in [-0.25, -0.2) is 4.98 Å². The first-order valence-electron chi connectivity index (χ1n) is 7.10. The van der Waals surface area contributed by atoms with Crippen molar-refractivity contribution in [2.45, 2.75) is 52.0 Å². The molecule has 1 aliphatic heterocycles. The first kappa shape index (κ1) is 11.3. The van der Waals surface area contributed by atoms with Gasteiger partial charge in [-0.2, -0.15) is 0 Å². The van der Waals surface area contributed by atoms with Crippen molar-refractivity contribution in [1.29, 1.82) is 0 Å². The molecule has 0 saturated carbocycles. The van der Waals surface area contributed by atoms with E-state index in [1.165, 1.54) is 69.7 Å². The number of aryl methyl sites for hydroxylation is 2. The van der Waals surface area contributed by atoms with Crippen LogP contribution in [0.5, 0.6) is 0 Å². The van der Waals surface area contributed by atoms with Crippen LogP contribution < -0.4 is 5.32 Å². The van der Waals surface area contributed by atoms with Gasteiger partial charge in [-0.15, -0.1) is 0 Å². The normalized spacial score (nSPS) is 24.6. The molecule has 0 radical (unpaired) electrons. The van der Waals surface area contributed by atoms with E-state index in [2.05, 4.69) is 16.8 Å². The van der Waals surface area contributed by atoms with Crippen LogP contribution in [0.25, 0.3) is 0 Å². The molecule has 3 rings (SSSR count). The van der Waals surface area contributed by atoms with Gasteiger partial charge in [-0.1, -0.05) is 0 Å². The fraction of sp³-hybridized carbons (Fsp3) is 0.786. The molecule has 1 saturated heterocycles. The second-order valence-electron chi connectivity index (χ2n) is 5.58. The van der Waals surface area contributed by atoms with Gasteiger partial charge >= 0.3 is 0 Å². The van der Waals surface area contributed by atoms with Crippen LogP contribution in [0.3, 0.4) is 0 Å². The van der Waals surface area contributed by atoms with E-state index in [-0.39, 0.29) is 0 Å². The molecule has 1 aromatic heterocycles. The zero-order valence-corrected chi connectivity index (χ0v) is 10.8. The summed E-state index contributed by atoms with van der Waals surface area (Å²) in [4.78, 5) is 4.76. The van der Waals surface area contributed by atoms with Crippen LogP contribution in [0.4, 0.5) is 0 Å². The van der Waals surface area contributed by atoms with Crippen molar-refractivity contribution in [1.82, 2.24) is 14.9 Å². The minimum atomic E-state index is 0.808. The smallest absolute Gasteiger partial charge is 0.106 e. The number of nitrogens with one attached hydrogen (secondary N) is 1. The molecule has 1 aromatic rings. The lowest BCUT2D eigenvalue weighted by Gasteiger charge is -2.25. The molecule has 1 fully saturated rings. The van der Waals surface area contributed by atoms with Crippen molar-refractivity contribution in [3.63, 3.8) is 0 Å². The second-order valence-corrected chi connectivity index (χ2v) is 5.58. The van der Waals surface area contributed by atoms with Gasteiger partial charge in [0, 0.05) is 12.2 Å². The highest BCUT2D eigenvalue weighted by Gasteiger charge is 2.21. The maximum absolute atomic E-state index is 4.76. The zero-order chi connectivity index (χ0) is 11.7. The summed E-state index contributed by atoms with van der Waals surface area (Å²) in [5.41, 5.74) is 2.93. The monoisotopic (exact) mass is 233 g/mol.